The predicted octanol–water partition coefficient (Wildman–Crippen LogP) is 2.40. The number of benzene rings is 1. The lowest BCUT2D eigenvalue weighted by atomic mass is 10.1. The molecular weight excluding hydrogens is 282 g/mol. The fraction of sp³-hybridized carbons (Fsp3) is 0.375. The van der Waals surface area contributed by atoms with Gasteiger partial charge in [0.2, 0.25) is 5.91 Å². The minimum absolute atomic E-state index is 0.0310. The van der Waals surface area contributed by atoms with Crippen LogP contribution in [0, 0.1) is 5.92 Å². The van der Waals surface area contributed by atoms with Gasteiger partial charge in [-0.15, -0.1) is 0 Å². The molecule has 1 aliphatic rings. The fourth-order valence-electron chi connectivity index (χ4n) is 2.88. The Morgan fingerprint density at radius 1 is 1.29 bits per heavy atom. The van der Waals surface area contributed by atoms with Crippen LogP contribution in [0.25, 0.3) is 0 Å². The molecule has 0 aliphatic carbocycles. The van der Waals surface area contributed by atoms with Crippen molar-refractivity contribution >= 4 is 18.5 Å². The van der Waals surface area contributed by atoms with Gasteiger partial charge in [-0.1, -0.05) is 30.3 Å². The van der Waals surface area contributed by atoms with Crippen LogP contribution < -0.4 is 0 Å². The van der Waals surface area contributed by atoms with Crippen LogP contribution in [-0.2, 0) is 11.3 Å². The van der Waals surface area contributed by atoms with Gasteiger partial charge in [-0.3, -0.25) is 9.48 Å². The van der Waals surface area contributed by atoms with E-state index < -0.39 is 0 Å². The highest BCUT2D eigenvalue weighted by Gasteiger charge is 2.34. The van der Waals surface area contributed by atoms with Crippen molar-refractivity contribution in [3.8, 4) is 0 Å². The van der Waals surface area contributed by atoms with Gasteiger partial charge in [0.05, 0.1) is 12.6 Å². The van der Waals surface area contributed by atoms with E-state index >= 15 is 0 Å². The Balaban J connectivity index is 1.87. The Bertz CT molecular complexity index is 585. The third kappa shape index (κ3) is 3.13. The topological polar surface area (TPSA) is 38.1 Å². The normalized spacial score (nSPS) is 20.0. The highest BCUT2D eigenvalue weighted by Crippen LogP contribution is 2.30. The Labute approximate surface area is 130 Å². The lowest BCUT2D eigenvalue weighted by Crippen LogP contribution is -2.33. The van der Waals surface area contributed by atoms with Gasteiger partial charge in [0.1, 0.15) is 0 Å². The Kier molecular flexibility index (Phi) is 4.29. The van der Waals surface area contributed by atoms with Gasteiger partial charge in [0, 0.05) is 25.4 Å². The number of nitrogens with zero attached hydrogens (tertiary/aromatic N) is 3. The van der Waals surface area contributed by atoms with Gasteiger partial charge in [0.25, 0.3) is 0 Å². The highest BCUT2D eigenvalue weighted by atomic mass is 32.1. The number of hydrogen-bond donors (Lipinski definition) is 1. The molecule has 2 heterocycles. The van der Waals surface area contributed by atoms with Crippen LogP contribution in [0.1, 0.15) is 18.0 Å². The molecule has 4 nitrogen and oxygen atoms in total. The Morgan fingerprint density at radius 3 is 2.71 bits per heavy atom. The monoisotopic (exact) mass is 301 g/mol. The van der Waals surface area contributed by atoms with Crippen LogP contribution >= 0.6 is 12.6 Å². The third-order valence-electron chi connectivity index (χ3n) is 3.98. The molecule has 2 unspecified atom stereocenters. The average molecular weight is 301 g/mol. The number of carbonyl (C=O) groups excluding carboxylic acids is 1. The summed E-state index contributed by atoms with van der Waals surface area (Å²) in [5, 5.41) is 4.28. The molecule has 2 aromatic rings. The van der Waals surface area contributed by atoms with Gasteiger partial charge < -0.3 is 4.90 Å². The molecule has 5 heteroatoms. The van der Waals surface area contributed by atoms with Crippen molar-refractivity contribution in [3.63, 3.8) is 0 Å². The van der Waals surface area contributed by atoms with Crippen molar-refractivity contribution in [2.75, 3.05) is 12.3 Å². The summed E-state index contributed by atoms with van der Waals surface area (Å²) in [6.45, 7) is 1.46. The van der Waals surface area contributed by atoms with Crippen molar-refractivity contribution in [1.29, 1.82) is 0 Å². The summed E-state index contributed by atoms with van der Waals surface area (Å²) in [5.74, 6) is 1.32. The third-order valence-corrected chi connectivity index (χ3v) is 4.49. The molecule has 1 aliphatic heterocycles. The van der Waals surface area contributed by atoms with Gasteiger partial charge in [-0.25, -0.2) is 0 Å². The van der Waals surface area contributed by atoms with E-state index in [0.29, 0.717) is 18.9 Å². The number of carbonyl (C=O) groups is 1. The molecule has 0 spiro atoms. The summed E-state index contributed by atoms with van der Waals surface area (Å²) in [6.07, 6.45) is 4.31. The SMILES string of the molecule is O=C1CC(CS)CN1C(Cn1cccn1)c1ccccc1. The van der Waals surface area contributed by atoms with Crippen molar-refractivity contribution in [2.24, 2.45) is 5.92 Å². The zero-order valence-corrected chi connectivity index (χ0v) is 12.7. The van der Waals surface area contributed by atoms with Gasteiger partial charge in [-0.2, -0.15) is 17.7 Å². The number of aromatic nitrogens is 2. The van der Waals surface area contributed by atoms with Crippen molar-refractivity contribution in [1.82, 2.24) is 14.7 Å². The van der Waals surface area contributed by atoms with Gasteiger partial charge in [-0.05, 0) is 23.3 Å². The fourth-order valence-corrected chi connectivity index (χ4v) is 3.12. The minimum Gasteiger partial charge on any atom is -0.333 e. The van der Waals surface area contributed by atoms with Crippen LogP contribution in [0.15, 0.2) is 48.8 Å². The maximum Gasteiger partial charge on any atom is 0.223 e. The Hall–Kier alpha value is -1.75. The van der Waals surface area contributed by atoms with E-state index in [-0.39, 0.29) is 11.9 Å². The molecule has 1 aromatic carbocycles. The second-order valence-electron chi connectivity index (χ2n) is 5.45. The first-order chi connectivity index (χ1) is 10.3. The number of amides is 1. The van der Waals surface area contributed by atoms with E-state index in [9.17, 15) is 4.79 Å². The predicted molar refractivity (Wildman–Crippen MR) is 85.1 cm³/mol. The van der Waals surface area contributed by atoms with E-state index in [1.54, 1.807) is 6.20 Å². The molecule has 0 bridgehead atoms. The highest BCUT2D eigenvalue weighted by molar-refractivity contribution is 7.80. The molecule has 110 valence electrons. The summed E-state index contributed by atoms with van der Waals surface area (Å²) in [5.41, 5.74) is 1.15. The molecule has 21 heavy (non-hydrogen) atoms. The summed E-state index contributed by atoms with van der Waals surface area (Å²) in [7, 11) is 0. The number of likely N-dealkylation sites (tertiary alicyclic amines) is 1. The van der Waals surface area contributed by atoms with Crippen molar-refractivity contribution in [2.45, 2.75) is 19.0 Å². The van der Waals surface area contributed by atoms with Crippen LogP contribution in [0.5, 0.6) is 0 Å². The summed E-state index contributed by atoms with van der Waals surface area (Å²) in [6, 6.07) is 12.1. The molecule has 2 atom stereocenters. The van der Waals surface area contributed by atoms with E-state index in [1.807, 2.05) is 40.0 Å². The van der Waals surface area contributed by atoms with E-state index in [2.05, 4.69) is 29.9 Å². The maximum absolute atomic E-state index is 12.3. The molecule has 1 aromatic heterocycles. The molecule has 1 saturated heterocycles. The molecule has 0 saturated carbocycles. The summed E-state index contributed by atoms with van der Waals surface area (Å²) < 4.78 is 1.89. The lowest BCUT2D eigenvalue weighted by Gasteiger charge is -2.28. The first kappa shape index (κ1) is 14.2. The molecule has 0 radical (unpaired) electrons. The molecule has 3 rings (SSSR count). The largest absolute Gasteiger partial charge is 0.333 e. The lowest BCUT2D eigenvalue weighted by molar-refractivity contribution is -0.130. The molecule has 1 amide bonds. The number of hydrogen-bond acceptors (Lipinski definition) is 3. The van der Waals surface area contributed by atoms with Gasteiger partial charge >= 0.3 is 0 Å². The summed E-state index contributed by atoms with van der Waals surface area (Å²) in [4.78, 5) is 14.3. The molecule has 0 N–H and O–H groups in total. The second-order valence-corrected chi connectivity index (χ2v) is 5.82. The summed E-state index contributed by atoms with van der Waals surface area (Å²) >= 11 is 4.35. The smallest absolute Gasteiger partial charge is 0.223 e. The van der Waals surface area contributed by atoms with E-state index in [1.165, 1.54) is 0 Å². The van der Waals surface area contributed by atoms with Crippen LogP contribution in [0.4, 0.5) is 0 Å². The van der Waals surface area contributed by atoms with Crippen molar-refractivity contribution < 1.29 is 4.79 Å². The average Bonchev–Trinajstić information content (AvgIpc) is 3.15. The minimum atomic E-state index is 0.0310. The number of rotatable bonds is 5. The van der Waals surface area contributed by atoms with Gasteiger partial charge in [0.15, 0.2) is 0 Å². The Morgan fingerprint density at radius 2 is 2.10 bits per heavy atom. The zero-order chi connectivity index (χ0) is 14.7. The zero-order valence-electron chi connectivity index (χ0n) is 11.8. The van der Waals surface area contributed by atoms with E-state index in [0.717, 1.165) is 17.9 Å². The number of thiol groups is 1. The molecular formula is C16H19N3OS. The standard InChI is InChI=1S/C16H19N3OS/c20-16-9-13(12-21)10-19(16)15(11-18-8-4-7-17-18)14-5-2-1-3-6-14/h1-8,13,15,21H,9-12H2. The van der Waals surface area contributed by atoms with E-state index in [4.69, 9.17) is 0 Å². The van der Waals surface area contributed by atoms with Crippen LogP contribution in [-0.4, -0.2) is 32.9 Å². The maximum atomic E-state index is 12.3. The first-order valence-corrected chi connectivity index (χ1v) is 7.84. The van der Waals surface area contributed by atoms with Crippen LogP contribution in [0.2, 0.25) is 0 Å². The van der Waals surface area contributed by atoms with Crippen molar-refractivity contribution in [3.05, 3.63) is 54.4 Å². The second kappa shape index (κ2) is 6.35. The first-order valence-electron chi connectivity index (χ1n) is 7.20. The quantitative estimate of drug-likeness (QED) is 0.861. The van der Waals surface area contributed by atoms with Crippen LogP contribution in [0.3, 0.4) is 0 Å². The molecule has 1 fully saturated rings.